The van der Waals surface area contributed by atoms with E-state index in [2.05, 4.69) is 9.88 Å². The lowest BCUT2D eigenvalue weighted by atomic mass is 10.1. The Morgan fingerprint density at radius 3 is 2.48 bits per heavy atom. The molecule has 6 nitrogen and oxygen atoms in total. The maximum atomic E-state index is 12.9. The van der Waals surface area contributed by atoms with Crippen molar-refractivity contribution in [3.05, 3.63) is 77.0 Å². The second-order valence-corrected chi connectivity index (χ2v) is 8.09. The SMILES string of the molecule is Cc1ccc(C(=O)N2CCN(c3nc(-c4ccco4)nc4cc(Cl)ccc34)CC2)cc1. The minimum Gasteiger partial charge on any atom is -0.461 e. The van der Waals surface area contributed by atoms with Crippen LogP contribution in [0.25, 0.3) is 22.5 Å². The zero-order valence-corrected chi connectivity index (χ0v) is 17.8. The van der Waals surface area contributed by atoms with Crippen LogP contribution in [0, 0.1) is 6.92 Å². The van der Waals surface area contributed by atoms with Gasteiger partial charge in [-0.25, -0.2) is 9.97 Å². The summed E-state index contributed by atoms with van der Waals surface area (Å²) in [6, 6.07) is 17.0. The number of fused-ring (bicyclic) bond motifs is 1. The minimum absolute atomic E-state index is 0.0650. The highest BCUT2D eigenvalue weighted by atomic mass is 35.5. The molecule has 2 aromatic heterocycles. The van der Waals surface area contributed by atoms with E-state index < -0.39 is 0 Å². The van der Waals surface area contributed by atoms with E-state index in [0.717, 1.165) is 27.8 Å². The predicted octanol–water partition coefficient (Wildman–Crippen LogP) is 4.81. The van der Waals surface area contributed by atoms with Crippen LogP contribution in [-0.4, -0.2) is 47.0 Å². The number of aromatic nitrogens is 2. The molecule has 0 atom stereocenters. The number of nitrogens with zero attached hydrogens (tertiary/aromatic N) is 4. The van der Waals surface area contributed by atoms with E-state index in [0.29, 0.717) is 42.8 Å². The normalized spacial score (nSPS) is 14.3. The Kier molecular flexibility index (Phi) is 5.08. The molecule has 2 aromatic carbocycles. The minimum atomic E-state index is 0.0650. The summed E-state index contributed by atoms with van der Waals surface area (Å²) in [5.74, 6) is 2.02. The molecule has 3 heterocycles. The number of halogens is 1. The number of carbonyl (C=O) groups excluding carboxylic acids is 1. The number of anilines is 1. The van der Waals surface area contributed by atoms with Crippen molar-refractivity contribution in [1.29, 1.82) is 0 Å². The fourth-order valence-corrected chi connectivity index (χ4v) is 4.01. The van der Waals surface area contributed by atoms with Gasteiger partial charge in [0.05, 0.1) is 11.8 Å². The van der Waals surface area contributed by atoms with Crippen LogP contribution >= 0.6 is 11.6 Å². The molecule has 0 spiro atoms. The molecule has 1 aliphatic heterocycles. The first-order valence-electron chi connectivity index (χ1n) is 10.2. The Bertz CT molecular complexity index is 1230. The molecule has 1 amide bonds. The molecule has 31 heavy (non-hydrogen) atoms. The molecule has 0 unspecified atom stereocenters. The largest absolute Gasteiger partial charge is 0.461 e. The lowest BCUT2D eigenvalue weighted by molar-refractivity contribution is 0.0746. The van der Waals surface area contributed by atoms with Crippen LogP contribution in [-0.2, 0) is 0 Å². The van der Waals surface area contributed by atoms with E-state index >= 15 is 0 Å². The number of rotatable bonds is 3. The van der Waals surface area contributed by atoms with Crippen LogP contribution in [0.15, 0.2) is 65.3 Å². The molecule has 156 valence electrons. The van der Waals surface area contributed by atoms with E-state index in [4.69, 9.17) is 21.0 Å². The van der Waals surface area contributed by atoms with Crippen LogP contribution in [0.3, 0.4) is 0 Å². The molecule has 1 fully saturated rings. The van der Waals surface area contributed by atoms with E-state index in [1.165, 1.54) is 0 Å². The molecule has 7 heteroatoms. The third-order valence-corrected chi connectivity index (χ3v) is 5.78. The topological polar surface area (TPSA) is 62.5 Å². The summed E-state index contributed by atoms with van der Waals surface area (Å²) in [5, 5.41) is 1.55. The van der Waals surface area contributed by atoms with Crippen molar-refractivity contribution in [2.24, 2.45) is 0 Å². The van der Waals surface area contributed by atoms with Crippen molar-refractivity contribution in [3.8, 4) is 11.6 Å². The van der Waals surface area contributed by atoms with Crippen molar-refractivity contribution in [1.82, 2.24) is 14.9 Å². The fourth-order valence-electron chi connectivity index (χ4n) is 3.84. The summed E-state index contributed by atoms with van der Waals surface area (Å²) in [6.45, 7) is 4.64. The van der Waals surface area contributed by atoms with Crippen molar-refractivity contribution >= 4 is 34.2 Å². The number of hydrogen-bond acceptors (Lipinski definition) is 5. The molecule has 1 aliphatic rings. The number of furan rings is 1. The van der Waals surface area contributed by atoms with Gasteiger partial charge in [-0.3, -0.25) is 4.79 Å². The van der Waals surface area contributed by atoms with Gasteiger partial charge in [-0.05, 0) is 49.4 Å². The van der Waals surface area contributed by atoms with Crippen LogP contribution in [0.2, 0.25) is 5.02 Å². The highest BCUT2D eigenvalue weighted by molar-refractivity contribution is 6.31. The third kappa shape index (κ3) is 3.86. The van der Waals surface area contributed by atoms with E-state index in [1.54, 1.807) is 6.26 Å². The smallest absolute Gasteiger partial charge is 0.253 e. The third-order valence-electron chi connectivity index (χ3n) is 5.55. The van der Waals surface area contributed by atoms with Crippen LogP contribution in [0.5, 0.6) is 0 Å². The lowest BCUT2D eigenvalue weighted by Crippen LogP contribution is -2.49. The summed E-state index contributed by atoms with van der Waals surface area (Å²) in [5.41, 5.74) is 2.63. The monoisotopic (exact) mass is 432 g/mol. The second-order valence-electron chi connectivity index (χ2n) is 7.65. The fraction of sp³-hybridized carbons (Fsp3) is 0.208. The van der Waals surface area contributed by atoms with Gasteiger partial charge in [0.15, 0.2) is 11.6 Å². The summed E-state index contributed by atoms with van der Waals surface area (Å²) in [6.07, 6.45) is 1.61. The zero-order chi connectivity index (χ0) is 21.4. The van der Waals surface area contributed by atoms with Crippen molar-refractivity contribution < 1.29 is 9.21 Å². The van der Waals surface area contributed by atoms with Gasteiger partial charge in [-0.2, -0.15) is 0 Å². The number of piperazine rings is 1. The maximum Gasteiger partial charge on any atom is 0.253 e. The van der Waals surface area contributed by atoms with Crippen LogP contribution in [0.4, 0.5) is 5.82 Å². The number of hydrogen-bond donors (Lipinski definition) is 0. The van der Waals surface area contributed by atoms with Crippen molar-refractivity contribution in [2.75, 3.05) is 31.1 Å². The van der Waals surface area contributed by atoms with Gasteiger partial charge in [-0.15, -0.1) is 0 Å². The van der Waals surface area contributed by atoms with Crippen molar-refractivity contribution in [3.63, 3.8) is 0 Å². The van der Waals surface area contributed by atoms with Gasteiger partial charge in [0.2, 0.25) is 0 Å². The predicted molar refractivity (Wildman–Crippen MR) is 122 cm³/mol. The van der Waals surface area contributed by atoms with E-state index in [-0.39, 0.29) is 5.91 Å². The average Bonchev–Trinajstić information content (AvgIpc) is 3.33. The lowest BCUT2D eigenvalue weighted by Gasteiger charge is -2.36. The highest BCUT2D eigenvalue weighted by Gasteiger charge is 2.25. The summed E-state index contributed by atoms with van der Waals surface area (Å²) < 4.78 is 5.52. The number of aryl methyl sites for hydroxylation is 1. The molecule has 0 radical (unpaired) electrons. The molecule has 1 saturated heterocycles. The molecular weight excluding hydrogens is 412 g/mol. The molecule has 5 rings (SSSR count). The number of amides is 1. The first kappa shape index (κ1) is 19.6. The zero-order valence-electron chi connectivity index (χ0n) is 17.1. The quantitative estimate of drug-likeness (QED) is 0.464. The van der Waals surface area contributed by atoms with Gasteiger partial charge in [-0.1, -0.05) is 29.3 Å². The van der Waals surface area contributed by atoms with Gasteiger partial charge < -0.3 is 14.2 Å². The van der Waals surface area contributed by atoms with E-state index in [9.17, 15) is 4.79 Å². The Morgan fingerprint density at radius 2 is 1.77 bits per heavy atom. The van der Waals surface area contributed by atoms with Gasteiger partial charge in [0, 0.05) is 42.2 Å². The highest BCUT2D eigenvalue weighted by Crippen LogP contribution is 2.30. The standard InChI is InChI=1S/C24H21ClN4O2/c1-16-4-6-17(7-5-16)24(30)29-12-10-28(11-13-29)23-19-9-8-18(25)15-20(19)26-22(27-23)21-3-2-14-31-21/h2-9,14-15H,10-13H2,1H3. The molecular formula is C24H21ClN4O2. The Labute approximate surface area is 185 Å². The summed E-state index contributed by atoms with van der Waals surface area (Å²) >= 11 is 6.21. The summed E-state index contributed by atoms with van der Waals surface area (Å²) in [4.78, 5) is 26.4. The van der Waals surface area contributed by atoms with Gasteiger partial charge >= 0.3 is 0 Å². The molecule has 0 bridgehead atoms. The van der Waals surface area contributed by atoms with Crippen LogP contribution < -0.4 is 4.90 Å². The molecule has 0 saturated carbocycles. The second kappa shape index (κ2) is 8.04. The average molecular weight is 433 g/mol. The van der Waals surface area contributed by atoms with Gasteiger partial charge in [0.25, 0.3) is 5.91 Å². The van der Waals surface area contributed by atoms with Crippen LogP contribution in [0.1, 0.15) is 15.9 Å². The summed E-state index contributed by atoms with van der Waals surface area (Å²) in [7, 11) is 0. The molecule has 4 aromatic rings. The molecule has 0 aliphatic carbocycles. The maximum absolute atomic E-state index is 12.9. The Hall–Kier alpha value is -3.38. The number of carbonyl (C=O) groups is 1. The first-order valence-corrected chi connectivity index (χ1v) is 10.6. The Balaban J connectivity index is 1.42. The van der Waals surface area contributed by atoms with Gasteiger partial charge in [0.1, 0.15) is 5.82 Å². The molecule has 0 N–H and O–H groups in total. The number of benzene rings is 2. The van der Waals surface area contributed by atoms with E-state index in [1.807, 2.05) is 66.4 Å². The first-order chi connectivity index (χ1) is 15.1. The Morgan fingerprint density at radius 1 is 1.00 bits per heavy atom. The van der Waals surface area contributed by atoms with Crippen molar-refractivity contribution in [2.45, 2.75) is 6.92 Å².